The molecular formula is C26H23ClN2OS. The Hall–Kier alpha value is -2.82. The van der Waals surface area contributed by atoms with Gasteiger partial charge in [-0.25, -0.2) is 4.99 Å². The first-order valence-electron chi connectivity index (χ1n) is 10.3. The number of hydrogen-bond donors (Lipinski definition) is 0. The molecule has 0 aliphatic carbocycles. The highest BCUT2D eigenvalue weighted by molar-refractivity contribution is 8.19. The fraction of sp³-hybridized carbons (Fsp3) is 0.154. The summed E-state index contributed by atoms with van der Waals surface area (Å²) in [4.78, 5) is 20.5. The Labute approximate surface area is 192 Å². The van der Waals surface area contributed by atoms with E-state index in [0.717, 1.165) is 29.8 Å². The van der Waals surface area contributed by atoms with Crippen LogP contribution in [0.25, 0.3) is 6.08 Å². The summed E-state index contributed by atoms with van der Waals surface area (Å²) in [6.07, 6.45) is 3.77. The summed E-state index contributed by atoms with van der Waals surface area (Å²) in [5.74, 6) is -0.0990. The maximum Gasteiger partial charge on any atom is 0.271 e. The van der Waals surface area contributed by atoms with E-state index in [0.29, 0.717) is 15.1 Å². The van der Waals surface area contributed by atoms with Crippen molar-refractivity contribution in [2.45, 2.75) is 26.7 Å². The Kier molecular flexibility index (Phi) is 6.59. The minimum absolute atomic E-state index is 0.0990. The molecule has 1 aliphatic heterocycles. The number of benzene rings is 3. The summed E-state index contributed by atoms with van der Waals surface area (Å²) in [6, 6.07) is 23.7. The molecular weight excluding hydrogens is 424 g/mol. The predicted octanol–water partition coefficient (Wildman–Crippen LogP) is 7.27. The van der Waals surface area contributed by atoms with Crippen molar-refractivity contribution < 1.29 is 4.79 Å². The van der Waals surface area contributed by atoms with Crippen LogP contribution in [0.2, 0.25) is 5.02 Å². The van der Waals surface area contributed by atoms with Crippen molar-refractivity contribution in [1.82, 2.24) is 0 Å². The van der Waals surface area contributed by atoms with Crippen molar-refractivity contribution in [3.63, 3.8) is 0 Å². The molecule has 1 fully saturated rings. The van der Waals surface area contributed by atoms with Crippen LogP contribution >= 0.6 is 23.4 Å². The Morgan fingerprint density at radius 2 is 1.52 bits per heavy atom. The van der Waals surface area contributed by atoms with Gasteiger partial charge >= 0.3 is 0 Å². The Bertz CT molecular complexity index is 1150. The number of nitrogens with zero attached hydrogens (tertiary/aromatic N) is 2. The lowest BCUT2D eigenvalue weighted by Gasteiger charge is -2.16. The van der Waals surface area contributed by atoms with E-state index in [2.05, 4.69) is 38.1 Å². The van der Waals surface area contributed by atoms with E-state index in [1.54, 1.807) is 4.90 Å². The zero-order chi connectivity index (χ0) is 21.8. The monoisotopic (exact) mass is 446 g/mol. The third kappa shape index (κ3) is 4.76. The van der Waals surface area contributed by atoms with Crippen LogP contribution in [0.15, 0.2) is 82.7 Å². The zero-order valence-corrected chi connectivity index (χ0v) is 19.1. The molecule has 3 aromatic rings. The number of aryl methyl sites for hydroxylation is 2. The molecule has 1 amide bonds. The molecule has 0 radical (unpaired) electrons. The summed E-state index contributed by atoms with van der Waals surface area (Å²) >= 11 is 7.69. The molecule has 0 aromatic heterocycles. The lowest BCUT2D eigenvalue weighted by Crippen LogP contribution is -2.28. The fourth-order valence-electron chi connectivity index (χ4n) is 3.31. The van der Waals surface area contributed by atoms with E-state index in [-0.39, 0.29) is 5.91 Å². The van der Waals surface area contributed by atoms with Crippen LogP contribution in [0, 0.1) is 0 Å². The number of hydrogen-bond acceptors (Lipinski definition) is 3. The van der Waals surface area contributed by atoms with E-state index in [1.807, 2.05) is 54.6 Å². The van der Waals surface area contributed by atoms with Gasteiger partial charge in [-0.1, -0.05) is 67.9 Å². The van der Waals surface area contributed by atoms with E-state index in [9.17, 15) is 4.79 Å². The van der Waals surface area contributed by atoms with E-state index >= 15 is 0 Å². The third-order valence-electron chi connectivity index (χ3n) is 5.17. The first-order valence-corrected chi connectivity index (χ1v) is 11.5. The number of carbonyl (C=O) groups excluding carboxylic acids is 1. The molecule has 0 saturated carbocycles. The SMILES string of the molecule is CCc1ccc(N=C2S/C(=C\c3ccccc3Cl)C(=O)N2c2ccc(CC)cc2)cc1. The number of halogens is 1. The fourth-order valence-corrected chi connectivity index (χ4v) is 4.49. The van der Waals surface area contributed by atoms with Gasteiger partial charge in [0.1, 0.15) is 0 Å². The molecule has 0 atom stereocenters. The van der Waals surface area contributed by atoms with Crippen LogP contribution in [-0.4, -0.2) is 11.1 Å². The molecule has 1 aliphatic rings. The van der Waals surface area contributed by atoms with Gasteiger partial charge in [-0.2, -0.15) is 0 Å². The van der Waals surface area contributed by atoms with Crippen molar-refractivity contribution in [2.24, 2.45) is 4.99 Å². The van der Waals surface area contributed by atoms with Crippen LogP contribution in [-0.2, 0) is 17.6 Å². The van der Waals surface area contributed by atoms with Crippen molar-refractivity contribution in [2.75, 3.05) is 4.90 Å². The standard InChI is InChI=1S/C26H23ClN2OS/c1-3-18-9-13-21(14-10-18)28-26-29(22-15-11-19(4-2)12-16-22)25(30)24(31-26)17-20-7-5-6-8-23(20)27/h5-17H,3-4H2,1-2H3/b24-17-,28-26?. The quantitative estimate of drug-likeness (QED) is 0.386. The number of anilines is 1. The van der Waals surface area contributed by atoms with Crippen LogP contribution < -0.4 is 4.90 Å². The second-order valence-electron chi connectivity index (χ2n) is 7.21. The molecule has 5 heteroatoms. The number of carbonyl (C=O) groups is 1. The van der Waals surface area contributed by atoms with Crippen LogP contribution in [0.4, 0.5) is 11.4 Å². The third-order valence-corrected chi connectivity index (χ3v) is 6.48. The molecule has 0 spiro atoms. The van der Waals surface area contributed by atoms with Gasteiger partial charge in [-0.05, 0) is 77.7 Å². The minimum atomic E-state index is -0.0990. The molecule has 3 nitrogen and oxygen atoms in total. The van der Waals surface area contributed by atoms with E-state index < -0.39 is 0 Å². The van der Waals surface area contributed by atoms with Crippen molar-refractivity contribution in [1.29, 1.82) is 0 Å². The molecule has 0 bridgehead atoms. The average Bonchev–Trinajstić information content (AvgIpc) is 3.10. The van der Waals surface area contributed by atoms with Crippen LogP contribution in [0.1, 0.15) is 30.5 Å². The first-order chi connectivity index (χ1) is 15.1. The van der Waals surface area contributed by atoms with Crippen molar-refractivity contribution in [3.8, 4) is 0 Å². The molecule has 0 N–H and O–H groups in total. The summed E-state index contributed by atoms with van der Waals surface area (Å²) in [7, 11) is 0. The highest BCUT2D eigenvalue weighted by Gasteiger charge is 2.34. The Morgan fingerprint density at radius 3 is 2.13 bits per heavy atom. The van der Waals surface area contributed by atoms with Gasteiger partial charge in [0, 0.05) is 5.02 Å². The van der Waals surface area contributed by atoms with Crippen molar-refractivity contribution in [3.05, 3.63) is 99.4 Å². The van der Waals surface area contributed by atoms with Gasteiger partial charge in [0.05, 0.1) is 16.3 Å². The Balaban J connectivity index is 1.76. The first kappa shape index (κ1) is 21.4. The van der Waals surface area contributed by atoms with E-state index in [4.69, 9.17) is 16.6 Å². The number of amides is 1. The molecule has 156 valence electrons. The molecule has 31 heavy (non-hydrogen) atoms. The molecule has 1 heterocycles. The van der Waals surface area contributed by atoms with Crippen LogP contribution in [0.3, 0.4) is 0 Å². The van der Waals surface area contributed by atoms with Crippen molar-refractivity contribution >= 4 is 51.9 Å². The lowest BCUT2D eigenvalue weighted by atomic mass is 10.1. The van der Waals surface area contributed by atoms with Gasteiger partial charge in [-0.15, -0.1) is 0 Å². The number of aliphatic imine (C=N–C) groups is 1. The van der Waals surface area contributed by atoms with E-state index in [1.165, 1.54) is 22.9 Å². The highest BCUT2D eigenvalue weighted by Crippen LogP contribution is 2.38. The molecule has 4 rings (SSSR count). The van der Waals surface area contributed by atoms with Gasteiger partial charge in [0.15, 0.2) is 5.17 Å². The highest BCUT2D eigenvalue weighted by atomic mass is 35.5. The molecule has 1 saturated heterocycles. The Morgan fingerprint density at radius 1 is 0.903 bits per heavy atom. The average molecular weight is 447 g/mol. The molecule has 0 unspecified atom stereocenters. The van der Waals surface area contributed by atoms with Gasteiger partial charge in [-0.3, -0.25) is 9.69 Å². The van der Waals surface area contributed by atoms with Gasteiger partial charge in [0.25, 0.3) is 5.91 Å². The topological polar surface area (TPSA) is 32.7 Å². The molecule has 3 aromatic carbocycles. The largest absolute Gasteiger partial charge is 0.271 e. The zero-order valence-electron chi connectivity index (χ0n) is 17.5. The minimum Gasteiger partial charge on any atom is -0.268 e. The maximum absolute atomic E-state index is 13.4. The second kappa shape index (κ2) is 9.54. The van der Waals surface area contributed by atoms with Gasteiger partial charge in [0.2, 0.25) is 0 Å². The smallest absolute Gasteiger partial charge is 0.268 e. The summed E-state index contributed by atoms with van der Waals surface area (Å²) < 4.78 is 0. The second-order valence-corrected chi connectivity index (χ2v) is 8.62. The van der Waals surface area contributed by atoms with Gasteiger partial charge < -0.3 is 0 Å². The summed E-state index contributed by atoms with van der Waals surface area (Å²) in [5, 5.41) is 1.25. The van der Waals surface area contributed by atoms with Crippen LogP contribution in [0.5, 0.6) is 0 Å². The summed E-state index contributed by atoms with van der Waals surface area (Å²) in [6.45, 7) is 4.24. The number of amidine groups is 1. The number of thioether (sulfide) groups is 1. The lowest BCUT2D eigenvalue weighted by molar-refractivity contribution is -0.113. The summed E-state index contributed by atoms with van der Waals surface area (Å²) in [5.41, 5.74) is 4.92. The maximum atomic E-state index is 13.4. The number of rotatable bonds is 5. The predicted molar refractivity (Wildman–Crippen MR) is 133 cm³/mol. The normalized spacial score (nSPS) is 16.5.